The number of carbonyl (C=O) groups excluding carboxylic acids is 4. The van der Waals surface area contributed by atoms with E-state index < -0.39 is 12.2 Å². The quantitative estimate of drug-likeness (QED) is 0.0698. The van der Waals surface area contributed by atoms with E-state index >= 15 is 0 Å². The Bertz CT molecular complexity index is 2340. The third kappa shape index (κ3) is 14.8. The Balaban J connectivity index is 0.000000633. The van der Waals surface area contributed by atoms with Crippen molar-refractivity contribution in [2.75, 3.05) is 47.7 Å². The zero-order valence-corrected chi connectivity index (χ0v) is 38.2. The maximum Gasteiger partial charge on any atom is 0.404 e. The van der Waals surface area contributed by atoms with E-state index in [1.807, 2.05) is 18.1 Å². The van der Waals surface area contributed by atoms with Gasteiger partial charge in [0.25, 0.3) is 0 Å². The average Bonchev–Trinajstić information content (AvgIpc) is 3.65. The summed E-state index contributed by atoms with van der Waals surface area (Å²) in [4.78, 5) is 62.7. The minimum Gasteiger partial charge on any atom is -0.453 e. The largest absolute Gasteiger partial charge is 0.453 e. The molecule has 16 nitrogen and oxygen atoms in total. The fourth-order valence-corrected chi connectivity index (χ4v) is 8.48. The molecule has 8 rings (SSSR count). The summed E-state index contributed by atoms with van der Waals surface area (Å²) in [5.41, 5.74) is 15.4. The first-order valence-corrected chi connectivity index (χ1v) is 22.8. The zero-order valence-electron chi connectivity index (χ0n) is 38.2. The minimum absolute atomic E-state index is 0.199. The van der Waals surface area contributed by atoms with Crippen molar-refractivity contribution in [1.29, 1.82) is 0 Å². The molecule has 350 valence electrons. The topological polar surface area (TPSA) is 230 Å². The summed E-state index contributed by atoms with van der Waals surface area (Å²) < 4.78 is 18.7. The maximum atomic E-state index is 12.9. The molecule has 1 aliphatic carbocycles. The molecule has 0 radical (unpaired) electrons. The number of fused-ring (bicyclic) bond motifs is 2. The van der Waals surface area contributed by atoms with E-state index in [9.17, 15) is 19.2 Å². The third-order valence-electron chi connectivity index (χ3n) is 12.8. The highest BCUT2D eigenvalue weighted by Crippen LogP contribution is 2.35. The first kappa shape index (κ1) is 48.5. The van der Waals surface area contributed by atoms with E-state index in [1.165, 1.54) is 30.6 Å². The number of H-pyrrole nitrogens is 2. The van der Waals surface area contributed by atoms with Crippen molar-refractivity contribution < 1.29 is 38.1 Å². The Morgan fingerprint density at radius 1 is 0.800 bits per heavy atom. The number of nitrogens with one attached hydrogen (secondary N) is 3. The van der Waals surface area contributed by atoms with Gasteiger partial charge in [-0.25, -0.2) is 19.6 Å². The molecular formula is C49H66N8O8. The molecule has 16 heteroatoms. The summed E-state index contributed by atoms with van der Waals surface area (Å²) in [6, 6.07) is 20.2. The number of nitrogens with zero attached hydrogens (tertiary/aromatic N) is 3. The average molecular weight is 895 g/mol. The van der Waals surface area contributed by atoms with E-state index in [4.69, 9.17) is 19.4 Å². The monoisotopic (exact) mass is 895 g/mol. The maximum absolute atomic E-state index is 12.9. The number of rotatable bonds is 15. The summed E-state index contributed by atoms with van der Waals surface area (Å²) >= 11 is 0. The van der Waals surface area contributed by atoms with Gasteiger partial charge in [0.2, 0.25) is 11.8 Å². The van der Waals surface area contributed by atoms with Crippen LogP contribution < -0.4 is 16.8 Å². The predicted molar refractivity (Wildman–Crippen MR) is 250 cm³/mol. The van der Waals surface area contributed by atoms with Gasteiger partial charge in [0.15, 0.2) is 0 Å². The summed E-state index contributed by atoms with van der Waals surface area (Å²) in [6.07, 6.45) is 11.4. The van der Waals surface area contributed by atoms with E-state index in [0.717, 1.165) is 130 Å². The van der Waals surface area contributed by atoms with Gasteiger partial charge in [-0.1, -0.05) is 30.3 Å². The standard InChI is InChI=1S/C45H56N6O4.2C2H5NO2/c1-29(51(2)45(53)23-31-16-20-55-21-17-31)4-3-5-43-47-38-12-10-35(26-40(38)48-43)33-6-7-34-25-36(9-8-32(34)24-33)41-28-46-42(49-41)13-11-37-27-39(37)50-44(52)22-30-14-18-54-19-15-30;2*1-5-2(3)4/h6-10,12,24-26,28-31,37,39H,3-5,11,13-23,27H2,1-2H3,(H,46,49)(H,47,48)(H,50,52);2*1H3,(H2,3,4). The normalized spacial score (nSPS) is 17.8. The number of ether oxygens (including phenoxy) is 4. The second-order valence-electron chi connectivity index (χ2n) is 17.5. The van der Waals surface area contributed by atoms with Crippen LogP contribution in [0.3, 0.4) is 0 Å². The molecule has 7 N–H and O–H groups in total. The van der Waals surface area contributed by atoms with Crippen molar-refractivity contribution in [3.8, 4) is 22.4 Å². The number of nitrogens with two attached hydrogens (primary N) is 2. The fourth-order valence-electron chi connectivity index (χ4n) is 8.48. The van der Waals surface area contributed by atoms with Crippen LogP contribution in [0.25, 0.3) is 44.2 Å². The van der Waals surface area contributed by atoms with Crippen LogP contribution in [-0.2, 0) is 41.4 Å². The number of hydrogen-bond donors (Lipinski definition) is 5. The van der Waals surface area contributed by atoms with E-state index in [2.05, 4.69) is 97.7 Å². The Morgan fingerprint density at radius 2 is 1.38 bits per heavy atom. The molecule has 2 aromatic heterocycles. The first-order valence-electron chi connectivity index (χ1n) is 22.8. The van der Waals surface area contributed by atoms with E-state index in [-0.39, 0.29) is 17.9 Å². The van der Waals surface area contributed by atoms with Crippen molar-refractivity contribution in [1.82, 2.24) is 30.2 Å². The van der Waals surface area contributed by atoms with Crippen LogP contribution in [0, 0.1) is 17.8 Å². The molecule has 0 spiro atoms. The van der Waals surface area contributed by atoms with Crippen LogP contribution in [0.1, 0.15) is 82.8 Å². The van der Waals surface area contributed by atoms with E-state index in [0.29, 0.717) is 36.6 Å². The third-order valence-corrected chi connectivity index (χ3v) is 12.8. The zero-order chi connectivity index (χ0) is 46.3. The van der Waals surface area contributed by atoms with Gasteiger partial charge < -0.3 is 50.6 Å². The Kier molecular flexibility index (Phi) is 17.7. The second kappa shape index (κ2) is 23.8. The first-order chi connectivity index (χ1) is 31.4. The molecular weight excluding hydrogens is 829 g/mol. The molecule has 3 aromatic carbocycles. The van der Waals surface area contributed by atoms with Crippen LogP contribution in [-0.4, -0.2) is 109 Å². The van der Waals surface area contributed by atoms with Gasteiger partial charge in [-0.05, 0) is 122 Å². The highest BCUT2D eigenvalue weighted by atomic mass is 16.5. The Morgan fingerprint density at radius 3 is 2.03 bits per heavy atom. The molecule has 3 fully saturated rings. The Hall–Kier alpha value is -6.00. The number of hydrogen-bond acceptors (Lipinski definition) is 10. The lowest BCUT2D eigenvalue weighted by molar-refractivity contribution is -0.133. The molecule has 4 heterocycles. The molecule has 65 heavy (non-hydrogen) atoms. The van der Waals surface area contributed by atoms with Gasteiger partial charge in [-0.15, -0.1) is 0 Å². The lowest BCUT2D eigenvalue weighted by Gasteiger charge is -2.28. The number of aromatic nitrogens is 4. The number of aromatic amines is 2. The highest BCUT2D eigenvalue weighted by Gasteiger charge is 2.38. The molecule has 5 aromatic rings. The van der Waals surface area contributed by atoms with Gasteiger partial charge in [-0.2, -0.15) is 0 Å². The van der Waals surface area contributed by atoms with Gasteiger partial charge in [0.1, 0.15) is 11.6 Å². The number of imidazole rings is 2. The number of methoxy groups -OCH3 is 2. The smallest absolute Gasteiger partial charge is 0.404 e. The van der Waals surface area contributed by atoms with Crippen molar-refractivity contribution >= 4 is 45.8 Å². The molecule has 2 aliphatic heterocycles. The van der Waals surface area contributed by atoms with Gasteiger partial charge in [0, 0.05) is 76.8 Å². The van der Waals surface area contributed by atoms with Crippen molar-refractivity contribution in [2.45, 2.75) is 96.1 Å². The molecule has 1 saturated carbocycles. The van der Waals surface area contributed by atoms with Crippen LogP contribution in [0.2, 0.25) is 0 Å². The molecule has 2 saturated heterocycles. The number of amides is 4. The summed E-state index contributed by atoms with van der Waals surface area (Å²) in [6.45, 7) is 5.27. The lowest BCUT2D eigenvalue weighted by Crippen LogP contribution is -2.36. The summed E-state index contributed by atoms with van der Waals surface area (Å²) in [7, 11) is 4.40. The van der Waals surface area contributed by atoms with Crippen molar-refractivity contribution in [2.24, 2.45) is 29.2 Å². The summed E-state index contributed by atoms with van der Waals surface area (Å²) in [5, 5.41) is 5.63. The van der Waals surface area contributed by atoms with Crippen LogP contribution in [0.4, 0.5) is 9.59 Å². The summed E-state index contributed by atoms with van der Waals surface area (Å²) in [5.74, 6) is 3.89. The predicted octanol–water partition coefficient (Wildman–Crippen LogP) is 7.44. The Labute approximate surface area is 380 Å². The van der Waals surface area contributed by atoms with Crippen molar-refractivity contribution in [3.05, 3.63) is 72.4 Å². The number of primary amides is 2. The molecule has 3 unspecified atom stereocenters. The van der Waals surface area contributed by atoms with Crippen LogP contribution in [0.15, 0.2) is 60.8 Å². The molecule has 3 aliphatic rings. The van der Waals surface area contributed by atoms with Gasteiger partial charge in [0.05, 0.1) is 37.1 Å². The van der Waals surface area contributed by atoms with Crippen LogP contribution in [0.5, 0.6) is 0 Å². The van der Waals surface area contributed by atoms with Crippen molar-refractivity contribution in [3.63, 3.8) is 0 Å². The number of aryl methyl sites for hydroxylation is 2. The minimum atomic E-state index is -0.745. The highest BCUT2D eigenvalue weighted by molar-refractivity contribution is 5.92. The lowest BCUT2D eigenvalue weighted by atomic mass is 9.95. The molecule has 4 amide bonds. The molecule has 3 atom stereocenters. The SMILES string of the molecule is CC(CCCc1nc2ccc(-c3ccc4cc(-c5cnc(CCC6CC6NC(=O)CC6CCOCC6)[nH]5)ccc4c3)cc2[nH]1)N(C)C(=O)CC1CCOCC1.COC(N)=O.COC(N)=O. The van der Waals surface area contributed by atoms with E-state index in [1.54, 1.807) is 0 Å². The molecule has 0 bridgehead atoms. The van der Waals surface area contributed by atoms with Gasteiger partial charge in [-0.3, -0.25) is 9.59 Å². The number of carbonyl (C=O) groups is 4. The van der Waals surface area contributed by atoms with Gasteiger partial charge >= 0.3 is 12.2 Å². The van der Waals surface area contributed by atoms with Crippen LogP contribution >= 0.6 is 0 Å². The fraction of sp³-hybridized carbons (Fsp3) is 0.510. The number of benzene rings is 3. The second-order valence-corrected chi connectivity index (χ2v) is 17.5.